The highest BCUT2D eigenvalue weighted by atomic mass is 16.5. The fraction of sp³-hybridized carbons (Fsp3) is 0.211. The van der Waals surface area contributed by atoms with Crippen molar-refractivity contribution in [2.24, 2.45) is 5.92 Å². The van der Waals surface area contributed by atoms with E-state index in [4.69, 9.17) is 5.21 Å². The first kappa shape index (κ1) is 14.4. The summed E-state index contributed by atoms with van der Waals surface area (Å²) in [5.74, 6) is 5.86. The Labute approximate surface area is 129 Å². The summed E-state index contributed by atoms with van der Waals surface area (Å²) >= 11 is 0. The molecule has 1 aliphatic rings. The van der Waals surface area contributed by atoms with Crippen LogP contribution in [-0.2, 0) is 17.6 Å². The van der Waals surface area contributed by atoms with Gasteiger partial charge in [-0.3, -0.25) is 10.0 Å². The smallest absolute Gasteiger partial charge is 0.246 e. The SMILES string of the molecule is O=C(NO)C1CCc2ccc(C#Cc3ccccc3)cc2C1. The molecular formula is C19H17NO2. The molecule has 3 nitrogen and oxygen atoms in total. The van der Waals surface area contributed by atoms with Crippen LogP contribution >= 0.6 is 0 Å². The molecule has 0 saturated carbocycles. The minimum Gasteiger partial charge on any atom is -0.289 e. The number of fused-ring (bicyclic) bond motifs is 1. The predicted molar refractivity (Wildman–Crippen MR) is 84.3 cm³/mol. The maximum Gasteiger partial charge on any atom is 0.246 e. The average molecular weight is 291 g/mol. The summed E-state index contributed by atoms with van der Waals surface area (Å²) < 4.78 is 0. The van der Waals surface area contributed by atoms with Crippen LogP contribution in [0.3, 0.4) is 0 Å². The third-order valence-corrected chi connectivity index (χ3v) is 4.04. The number of amides is 1. The molecule has 2 aromatic rings. The monoisotopic (exact) mass is 291 g/mol. The van der Waals surface area contributed by atoms with Crippen molar-refractivity contribution in [2.45, 2.75) is 19.3 Å². The Morgan fingerprint density at radius 1 is 1.05 bits per heavy atom. The minimum absolute atomic E-state index is 0.158. The summed E-state index contributed by atoms with van der Waals surface area (Å²) in [7, 11) is 0. The summed E-state index contributed by atoms with van der Waals surface area (Å²) in [5.41, 5.74) is 6.12. The second-order valence-electron chi connectivity index (χ2n) is 5.52. The third-order valence-electron chi connectivity index (χ3n) is 4.04. The molecule has 1 atom stereocenters. The first-order valence-electron chi connectivity index (χ1n) is 7.39. The van der Waals surface area contributed by atoms with Gasteiger partial charge in [0, 0.05) is 17.0 Å². The first-order valence-corrected chi connectivity index (χ1v) is 7.39. The number of hydroxylamine groups is 1. The summed E-state index contributed by atoms with van der Waals surface area (Å²) in [6.07, 6.45) is 2.29. The summed E-state index contributed by atoms with van der Waals surface area (Å²) in [6, 6.07) is 16.0. The topological polar surface area (TPSA) is 49.3 Å². The molecule has 1 aliphatic carbocycles. The Bertz CT molecular complexity index is 741. The Kier molecular flexibility index (Phi) is 4.22. The Balaban J connectivity index is 1.82. The number of carbonyl (C=O) groups excluding carboxylic acids is 1. The molecule has 0 aliphatic heterocycles. The second-order valence-corrected chi connectivity index (χ2v) is 5.52. The van der Waals surface area contributed by atoms with E-state index >= 15 is 0 Å². The van der Waals surface area contributed by atoms with Crippen molar-refractivity contribution in [3.8, 4) is 11.8 Å². The van der Waals surface area contributed by atoms with Gasteiger partial charge in [0.2, 0.25) is 5.91 Å². The predicted octanol–water partition coefficient (Wildman–Crippen LogP) is 2.70. The lowest BCUT2D eigenvalue weighted by Gasteiger charge is -2.23. The minimum atomic E-state index is -0.300. The zero-order valence-electron chi connectivity index (χ0n) is 12.2. The molecule has 1 unspecified atom stereocenters. The number of hydrogen-bond donors (Lipinski definition) is 2. The van der Waals surface area contributed by atoms with Gasteiger partial charge in [0.1, 0.15) is 0 Å². The second kappa shape index (κ2) is 6.46. The highest BCUT2D eigenvalue weighted by molar-refractivity contribution is 5.78. The largest absolute Gasteiger partial charge is 0.289 e. The molecule has 0 aromatic heterocycles. The van der Waals surface area contributed by atoms with Gasteiger partial charge in [-0.25, -0.2) is 5.48 Å². The van der Waals surface area contributed by atoms with Crippen molar-refractivity contribution in [3.05, 3.63) is 70.8 Å². The molecule has 0 saturated heterocycles. The van der Waals surface area contributed by atoms with E-state index in [1.807, 2.05) is 36.4 Å². The lowest BCUT2D eigenvalue weighted by molar-refractivity contribution is -0.133. The molecule has 3 rings (SSSR count). The van der Waals surface area contributed by atoms with Crippen LogP contribution in [0.5, 0.6) is 0 Å². The lowest BCUT2D eigenvalue weighted by Crippen LogP contribution is -2.31. The fourth-order valence-electron chi connectivity index (χ4n) is 2.82. The molecule has 3 heteroatoms. The molecule has 0 radical (unpaired) electrons. The van der Waals surface area contributed by atoms with Gasteiger partial charge in [-0.1, -0.05) is 36.1 Å². The first-order chi connectivity index (χ1) is 10.8. The van der Waals surface area contributed by atoms with Gasteiger partial charge in [0.15, 0.2) is 0 Å². The lowest BCUT2D eigenvalue weighted by atomic mass is 9.83. The van der Waals surface area contributed by atoms with Gasteiger partial charge >= 0.3 is 0 Å². The maximum atomic E-state index is 11.6. The Morgan fingerprint density at radius 3 is 2.59 bits per heavy atom. The number of aryl methyl sites for hydroxylation is 1. The van der Waals surface area contributed by atoms with E-state index < -0.39 is 0 Å². The molecule has 2 N–H and O–H groups in total. The fourth-order valence-corrected chi connectivity index (χ4v) is 2.82. The molecule has 1 amide bonds. The molecule has 0 bridgehead atoms. The van der Waals surface area contributed by atoms with Crippen molar-refractivity contribution in [2.75, 3.05) is 0 Å². The van der Waals surface area contributed by atoms with E-state index in [2.05, 4.69) is 24.0 Å². The van der Waals surface area contributed by atoms with E-state index in [0.717, 1.165) is 29.5 Å². The van der Waals surface area contributed by atoms with Crippen LogP contribution in [0, 0.1) is 17.8 Å². The molecule has 2 aromatic carbocycles. The average Bonchev–Trinajstić information content (AvgIpc) is 2.59. The number of carbonyl (C=O) groups is 1. The van der Waals surface area contributed by atoms with Gasteiger partial charge in [-0.2, -0.15) is 0 Å². The standard InChI is InChI=1S/C19H17NO2/c21-19(20-22)17-11-10-16-9-8-15(12-18(16)13-17)7-6-14-4-2-1-3-5-14/h1-5,8-9,12,17,22H,10-11,13H2,(H,20,21). The van der Waals surface area contributed by atoms with Gasteiger partial charge in [-0.05, 0) is 54.7 Å². The van der Waals surface area contributed by atoms with Gasteiger partial charge in [0.05, 0.1) is 0 Å². The van der Waals surface area contributed by atoms with Crippen molar-refractivity contribution in [1.29, 1.82) is 0 Å². The van der Waals surface area contributed by atoms with E-state index in [-0.39, 0.29) is 11.8 Å². The zero-order chi connectivity index (χ0) is 15.4. The number of rotatable bonds is 1. The van der Waals surface area contributed by atoms with Crippen LogP contribution in [-0.4, -0.2) is 11.1 Å². The van der Waals surface area contributed by atoms with Gasteiger partial charge < -0.3 is 0 Å². The quantitative estimate of drug-likeness (QED) is 0.482. The highest BCUT2D eigenvalue weighted by Gasteiger charge is 2.24. The number of nitrogens with one attached hydrogen (secondary N) is 1. The highest BCUT2D eigenvalue weighted by Crippen LogP contribution is 2.26. The van der Waals surface area contributed by atoms with Crippen LogP contribution in [0.25, 0.3) is 0 Å². The van der Waals surface area contributed by atoms with Gasteiger partial charge in [0.25, 0.3) is 0 Å². The Morgan fingerprint density at radius 2 is 1.82 bits per heavy atom. The molecule has 22 heavy (non-hydrogen) atoms. The van der Waals surface area contributed by atoms with Crippen molar-refractivity contribution >= 4 is 5.91 Å². The number of benzene rings is 2. The molecular weight excluding hydrogens is 274 g/mol. The van der Waals surface area contributed by atoms with E-state index in [1.165, 1.54) is 5.56 Å². The Hall–Kier alpha value is -2.57. The molecule has 0 fully saturated rings. The van der Waals surface area contributed by atoms with Crippen molar-refractivity contribution in [1.82, 2.24) is 5.48 Å². The summed E-state index contributed by atoms with van der Waals surface area (Å²) in [6.45, 7) is 0. The zero-order valence-corrected chi connectivity index (χ0v) is 12.2. The summed E-state index contributed by atoms with van der Waals surface area (Å²) in [4.78, 5) is 11.6. The normalized spacial score (nSPS) is 16.1. The van der Waals surface area contributed by atoms with Crippen LogP contribution in [0.15, 0.2) is 48.5 Å². The summed E-state index contributed by atoms with van der Waals surface area (Å²) in [5, 5.41) is 8.78. The van der Waals surface area contributed by atoms with Crippen LogP contribution < -0.4 is 5.48 Å². The van der Waals surface area contributed by atoms with E-state index in [0.29, 0.717) is 6.42 Å². The molecule has 0 heterocycles. The van der Waals surface area contributed by atoms with E-state index in [1.54, 1.807) is 5.48 Å². The van der Waals surface area contributed by atoms with E-state index in [9.17, 15) is 4.79 Å². The number of hydrogen-bond acceptors (Lipinski definition) is 2. The van der Waals surface area contributed by atoms with Gasteiger partial charge in [-0.15, -0.1) is 0 Å². The van der Waals surface area contributed by atoms with Crippen molar-refractivity contribution in [3.63, 3.8) is 0 Å². The third kappa shape index (κ3) is 3.19. The van der Waals surface area contributed by atoms with Crippen LogP contribution in [0.1, 0.15) is 28.7 Å². The molecule has 110 valence electrons. The maximum absolute atomic E-state index is 11.6. The molecule has 0 spiro atoms. The van der Waals surface area contributed by atoms with Crippen LogP contribution in [0.2, 0.25) is 0 Å². The van der Waals surface area contributed by atoms with Crippen molar-refractivity contribution < 1.29 is 10.0 Å². The van der Waals surface area contributed by atoms with Crippen LogP contribution in [0.4, 0.5) is 0 Å².